The zero-order valence-electron chi connectivity index (χ0n) is 18.3. The number of aromatic nitrogens is 2. The lowest BCUT2D eigenvalue weighted by Gasteiger charge is -2.27. The standard InChI is InChI=1S/C24H29ClN4O/c1-17(2)15-29(24(30)19-13-9-10-14-21(19)25)16-20-22(18-11-7-6-8-12-18)26-28(5)23(20)27(3)4/h6-14,17H,15-16H2,1-5H3. The Hall–Kier alpha value is -2.79. The van der Waals surface area contributed by atoms with Gasteiger partial charge in [-0.3, -0.25) is 9.48 Å². The topological polar surface area (TPSA) is 41.4 Å². The third kappa shape index (κ3) is 4.68. The van der Waals surface area contributed by atoms with Gasteiger partial charge in [-0.15, -0.1) is 0 Å². The van der Waals surface area contributed by atoms with Crippen LogP contribution < -0.4 is 4.90 Å². The molecular weight excluding hydrogens is 396 g/mol. The molecule has 0 N–H and O–H groups in total. The number of aryl methyl sites for hydroxylation is 1. The SMILES string of the molecule is CC(C)CN(Cc1c(-c2ccccc2)nn(C)c1N(C)C)C(=O)c1ccccc1Cl. The maximum atomic E-state index is 13.4. The third-order valence-electron chi connectivity index (χ3n) is 4.91. The first-order valence-corrected chi connectivity index (χ1v) is 10.5. The van der Waals surface area contributed by atoms with E-state index in [1.54, 1.807) is 12.1 Å². The van der Waals surface area contributed by atoms with Crippen LogP contribution in [-0.4, -0.2) is 41.2 Å². The number of rotatable bonds is 7. The lowest BCUT2D eigenvalue weighted by atomic mass is 10.1. The van der Waals surface area contributed by atoms with Gasteiger partial charge >= 0.3 is 0 Å². The quantitative estimate of drug-likeness (QED) is 0.529. The summed E-state index contributed by atoms with van der Waals surface area (Å²) in [5.41, 5.74) is 3.47. The van der Waals surface area contributed by atoms with Crippen molar-refractivity contribution < 1.29 is 4.79 Å². The Morgan fingerprint density at radius 2 is 1.70 bits per heavy atom. The van der Waals surface area contributed by atoms with Crippen LogP contribution in [0.25, 0.3) is 11.3 Å². The summed E-state index contributed by atoms with van der Waals surface area (Å²) in [6, 6.07) is 17.3. The molecule has 5 nitrogen and oxygen atoms in total. The number of carbonyl (C=O) groups excluding carboxylic acids is 1. The van der Waals surface area contributed by atoms with Crippen LogP contribution in [0.1, 0.15) is 29.8 Å². The van der Waals surface area contributed by atoms with Crippen molar-refractivity contribution in [3.05, 3.63) is 70.7 Å². The lowest BCUT2D eigenvalue weighted by Crippen LogP contribution is -2.34. The van der Waals surface area contributed by atoms with E-state index >= 15 is 0 Å². The molecule has 1 amide bonds. The average molecular weight is 425 g/mol. The van der Waals surface area contributed by atoms with E-state index in [-0.39, 0.29) is 5.91 Å². The van der Waals surface area contributed by atoms with E-state index < -0.39 is 0 Å². The van der Waals surface area contributed by atoms with Gasteiger partial charge in [0.2, 0.25) is 0 Å². The zero-order chi connectivity index (χ0) is 21.8. The third-order valence-corrected chi connectivity index (χ3v) is 5.24. The van der Waals surface area contributed by atoms with Gasteiger partial charge in [0.05, 0.1) is 22.8 Å². The molecule has 0 aliphatic carbocycles. The highest BCUT2D eigenvalue weighted by Crippen LogP contribution is 2.32. The van der Waals surface area contributed by atoms with E-state index in [0.29, 0.717) is 29.6 Å². The minimum atomic E-state index is -0.0677. The van der Waals surface area contributed by atoms with Crippen molar-refractivity contribution in [3.8, 4) is 11.3 Å². The van der Waals surface area contributed by atoms with Gasteiger partial charge in [0.1, 0.15) is 5.82 Å². The predicted molar refractivity (Wildman–Crippen MR) is 124 cm³/mol. The lowest BCUT2D eigenvalue weighted by molar-refractivity contribution is 0.0723. The summed E-state index contributed by atoms with van der Waals surface area (Å²) in [4.78, 5) is 17.4. The van der Waals surface area contributed by atoms with E-state index in [4.69, 9.17) is 16.7 Å². The van der Waals surface area contributed by atoms with Crippen LogP contribution in [0.4, 0.5) is 5.82 Å². The first-order chi connectivity index (χ1) is 14.3. The molecule has 0 spiro atoms. The maximum Gasteiger partial charge on any atom is 0.255 e. The van der Waals surface area contributed by atoms with Crippen LogP contribution in [0.2, 0.25) is 5.02 Å². The summed E-state index contributed by atoms with van der Waals surface area (Å²) in [5, 5.41) is 5.27. The van der Waals surface area contributed by atoms with Crippen LogP contribution in [0.5, 0.6) is 0 Å². The molecule has 3 aromatic rings. The van der Waals surface area contributed by atoms with E-state index in [1.165, 1.54) is 0 Å². The first-order valence-electron chi connectivity index (χ1n) is 10.1. The fourth-order valence-corrected chi connectivity index (χ4v) is 3.96. The number of hydrogen-bond acceptors (Lipinski definition) is 3. The molecule has 1 heterocycles. The molecule has 0 saturated carbocycles. The fourth-order valence-electron chi connectivity index (χ4n) is 3.75. The molecule has 30 heavy (non-hydrogen) atoms. The number of nitrogens with zero attached hydrogens (tertiary/aromatic N) is 4. The number of anilines is 1. The van der Waals surface area contributed by atoms with E-state index in [9.17, 15) is 4.79 Å². The number of carbonyl (C=O) groups is 1. The Balaban J connectivity index is 2.08. The van der Waals surface area contributed by atoms with Crippen LogP contribution in [0, 0.1) is 5.92 Å². The van der Waals surface area contributed by atoms with Crippen LogP contribution in [0.15, 0.2) is 54.6 Å². The van der Waals surface area contributed by atoms with Crippen molar-refractivity contribution in [2.45, 2.75) is 20.4 Å². The molecular formula is C24H29ClN4O. The minimum absolute atomic E-state index is 0.0677. The summed E-state index contributed by atoms with van der Waals surface area (Å²) < 4.78 is 1.88. The normalized spacial score (nSPS) is 11.0. The number of hydrogen-bond donors (Lipinski definition) is 0. The predicted octanol–water partition coefficient (Wildman–Crippen LogP) is 5.10. The van der Waals surface area contributed by atoms with Gasteiger partial charge in [0.25, 0.3) is 5.91 Å². The first kappa shape index (κ1) is 21.9. The summed E-state index contributed by atoms with van der Waals surface area (Å²) in [6.45, 7) is 5.30. The molecule has 0 aliphatic heterocycles. The summed E-state index contributed by atoms with van der Waals surface area (Å²) in [5.74, 6) is 1.23. The van der Waals surface area contributed by atoms with Gasteiger partial charge < -0.3 is 9.80 Å². The van der Waals surface area contributed by atoms with Crippen molar-refractivity contribution in [3.63, 3.8) is 0 Å². The summed E-state index contributed by atoms with van der Waals surface area (Å²) in [7, 11) is 5.93. The van der Waals surface area contributed by atoms with E-state index in [2.05, 4.69) is 13.8 Å². The highest BCUT2D eigenvalue weighted by Gasteiger charge is 2.25. The second-order valence-corrected chi connectivity index (χ2v) is 8.50. The van der Waals surface area contributed by atoms with Gasteiger partial charge in [-0.25, -0.2) is 0 Å². The Labute approximate surface area is 183 Å². The van der Waals surface area contributed by atoms with E-state index in [1.807, 2.05) is 78.1 Å². The molecule has 1 aromatic heterocycles. The van der Waals surface area contributed by atoms with Gasteiger partial charge in [0.15, 0.2) is 0 Å². The molecule has 0 radical (unpaired) electrons. The number of benzene rings is 2. The summed E-state index contributed by atoms with van der Waals surface area (Å²) in [6.07, 6.45) is 0. The Morgan fingerprint density at radius 3 is 2.30 bits per heavy atom. The molecule has 3 rings (SSSR count). The van der Waals surface area contributed by atoms with E-state index in [0.717, 1.165) is 22.6 Å². The molecule has 0 unspecified atom stereocenters. The number of amides is 1. The number of halogens is 1. The highest BCUT2D eigenvalue weighted by atomic mass is 35.5. The Morgan fingerprint density at radius 1 is 1.07 bits per heavy atom. The molecule has 0 aliphatic rings. The Bertz CT molecular complexity index is 1010. The van der Waals surface area contributed by atoms with Crippen LogP contribution >= 0.6 is 11.6 Å². The molecule has 0 atom stereocenters. The molecule has 6 heteroatoms. The largest absolute Gasteiger partial charge is 0.363 e. The molecule has 158 valence electrons. The highest BCUT2D eigenvalue weighted by molar-refractivity contribution is 6.33. The molecule has 0 bridgehead atoms. The summed E-state index contributed by atoms with van der Waals surface area (Å²) >= 11 is 6.34. The van der Waals surface area contributed by atoms with Crippen molar-refractivity contribution in [2.24, 2.45) is 13.0 Å². The Kier molecular flexibility index (Phi) is 6.83. The monoisotopic (exact) mass is 424 g/mol. The molecule has 2 aromatic carbocycles. The van der Waals surface area contributed by atoms with Crippen LogP contribution in [-0.2, 0) is 13.6 Å². The van der Waals surface area contributed by atoms with Gasteiger partial charge in [0, 0.05) is 38.8 Å². The average Bonchev–Trinajstić information content (AvgIpc) is 3.03. The molecule has 0 fully saturated rings. The fraction of sp³-hybridized carbons (Fsp3) is 0.333. The second-order valence-electron chi connectivity index (χ2n) is 8.09. The second kappa shape index (κ2) is 9.35. The smallest absolute Gasteiger partial charge is 0.255 e. The van der Waals surface area contributed by atoms with Crippen molar-refractivity contribution >= 4 is 23.3 Å². The van der Waals surface area contributed by atoms with Gasteiger partial charge in [-0.1, -0.05) is 67.9 Å². The zero-order valence-corrected chi connectivity index (χ0v) is 19.0. The van der Waals surface area contributed by atoms with Crippen molar-refractivity contribution in [1.29, 1.82) is 0 Å². The van der Waals surface area contributed by atoms with Gasteiger partial charge in [-0.05, 0) is 18.1 Å². The van der Waals surface area contributed by atoms with Crippen LogP contribution in [0.3, 0.4) is 0 Å². The molecule has 0 saturated heterocycles. The van der Waals surface area contributed by atoms with Crippen molar-refractivity contribution in [2.75, 3.05) is 25.5 Å². The van der Waals surface area contributed by atoms with Crippen molar-refractivity contribution in [1.82, 2.24) is 14.7 Å². The minimum Gasteiger partial charge on any atom is -0.363 e. The van der Waals surface area contributed by atoms with Gasteiger partial charge in [-0.2, -0.15) is 5.10 Å². The maximum absolute atomic E-state index is 13.4.